The first kappa shape index (κ1) is 15.5. The van der Waals surface area contributed by atoms with Crippen LogP contribution in [0.5, 0.6) is 0 Å². The molecule has 22 heavy (non-hydrogen) atoms. The van der Waals surface area contributed by atoms with Crippen LogP contribution in [0.3, 0.4) is 0 Å². The van der Waals surface area contributed by atoms with E-state index in [0.717, 1.165) is 10.9 Å². The summed E-state index contributed by atoms with van der Waals surface area (Å²) in [5, 5.41) is 9.92. The minimum absolute atomic E-state index is 0.232. The minimum Gasteiger partial charge on any atom is -0.392 e. The van der Waals surface area contributed by atoms with Gasteiger partial charge in [-0.25, -0.2) is 0 Å². The Morgan fingerprint density at radius 2 is 2.09 bits per heavy atom. The van der Waals surface area contributed by atoms with E-state index in [0.29, 0.717) is 19.5 Å². The van der Waals surface area contributed by atoms with Crippen LogP contribution in [0.2, 0.25) is 0 Å². The van der Waals surface area contributed by atoms with E-state index in [1.807, 2.05) is 4.90 Å². The average Bonchev–Trinajstić information content (AvgIpc) is 3.08. The first-order valence-corrected chi connectivity index (χ1v) is 7.78. The Balaban J connectivity index is 1.92. The van der Waals surface area contributed by atoms with Crippen molar-refractivity contribution in [2.24, 2.45) is 0 Å². The van der Waals surface area contributed by atoms with Gasteiger partial charge in [-0.05, 0) is 18.1 Å². The second kappa shape index (κ2) is 5.98. The zero-order chi connectivity index (χ0) is 15.7. The van der Waals surface area contributed by atoms with Gasteiger partial charge in [0.05, 0.1) is 17.2 Å². The maximum absolute atomic E-state index is 13.2. The van der Waals surface area contributed by atoms with E-state index < -0.39 is 23.9 Å². The highest BCUT2D eigenvalue weighted by Crippen LogP contribution is 2.41. The molecule has 1 N–H and O–H groups in total. The number of aliphatic hydroxyl groups is 1. The van der Waals surface area contributed by atoms with Crippen molar-refractivity contribution in [1.29, 1.82) is 0 Å². The number of hydrogen-bond acceptors (Lipinski definition) is 4. The summed E-state index contributed by atoms with van der Waals surface area (Å²) < 4.78 is 39.6. The molecule has 0 saturated carbocycles. The molecule has 1 aromatic carbocycles. The molecule has 1 saturated heterocycles. The molecule has 0 spiro atoms. The fourth-order valence-electron chi connectivity index (χ4n) is 2.94. The van der Waals surface area contributed by atoms with Crippen LogP contribution in [0.1, 0.15) is 28.5 Å². The quantitative estimate of drug-likeness (QED) is 0.937. The van der Waals surface area contributed by atoms with Gasteiger partial charge in [-0.2, -0.15) is 13.2 Å². The topological polar surface area (TPSA) is 36.4 Å². The summed E-state index contributed by atoms with van der Waals surface area (Å²) in [6.45, 7) is 0.868. The van der Waals surface area contributed by atoms with E-state index in [1.54, 1.807) is 17.8 Å². The minimum atomic E-state index is -4.39. The standard InChI is InChI=1S/C15H15F3N2OS/c16-15(17,18)13-4-2-1-3-12(13)14-5-10(21)7-20(14)8-11-6-19-9-22-11/h1-4,6,9-10,14,21H,5,7-8H2/t10-,14+/m0/s1. The van der Waals surface area contributed by atoms with E-state index in [1.165, 1.54) is 23.5 Å². The molecule has 0 radical (unpaired) electrons. The molecule has 0 amide bonds. The smallest absolute Gasteiger partial charge is 0.392 e. The number of rotatable bonds is 3. The summed E-state index contributed by atoms with van der Waals surface area (Å²) in [7, 11) is 0. The third-order valence-corrected chi connectivity index (χ3v) is 4.61. The van der Waals surface area contributed by atoms with E-state index in [4.69, 9.17) is 0 Å². The first-order chi connectivity index (χ1) is 10.4. The van der Waals surface area contributed by atoms with Crippen molar-refractivity contribution in [2.75, 3.05) is 6.54 Å². The maximum atomic E-state index is 13.2. The Morgan fingerprint density at radius 3 is 2.77 bits per heavy atom. The summed E-state index contributed by atoms with van der Waals surface area (Å²) in [4.78, 5) is 6.85. The van der Waals surface area contributed by atoms with Gasteiger partial charge in [-0.3, -0.25) is 9.88 Å². The zero-order valence-electron chi connectivity index (χ0n) is 11.6. The van der Waals surface area contributed by atoms with Crippen LogP contribution in [0.15, 0.2) is 36.0 Å². The molecule has 2 atom stereocenters. The lowest BCUT2D eigenvalue weighted by Gasteiger charge is -2.26. The maximum Gasteiger partial charge on any atom is 0.416 e. The SMILES string of the molecule is O[C@H]1C[C@H](c2ccccc2C(F)(F)F)N(Cc2cncs2)C1. The number of likely N-dealkylation sites (tertiary alicyclic amines) is 1. The molecule has 0 bridgehead atoms. The van der Waals surface area contributed by atoms with Crippen molar-refractivity contribution < 1.29 is 18.3 Å². The molecule has 0 aliphatic carbocycles. The van der Waals surface area contributed by atoms with Crippen LogP contribution >= 0.6 is 11.3 Å². The average molecular weight is 328 g/mol. The van der Waals surface area contributed by atoms with Gasteiger partial charge in [0.2, 0.25) is 0 Å². The monoisotopic (exact) mass is 328 g/mol. The van der Waals surface area contributed by atoms with Crippen LogP contribution in [0.25, 0.3) is 0 Å². The largest absolute Gasteiger partial charge is 0.416 e. The predicted octanol–water partition coefficient (Wildman–Crippen LogP) is 3.47. The number of aliphatic hydroxyl groups excluding tert-OH is 1. The zero-order valence-corrected chi connectivity index (χ0v) is 12.4. The summed E-state index contributed by atoms with van der Waals surface area (Å²) in [5.74, 6) is 0. The fraction of sp³-hybridized carbons (Fsp3) is 0.400. The van der Waals surface area contributed by atoms with Crippen molar-refractivity contribution in [3.05, 3.63) is 52.0 Å². The molecule has 7 heteroatoms. The van der Waals surface area contributed by atoms with E-state index >= 15 is 0 Å². The van der Waals surface area contributed by atoms with Gasteiger partial charge >= 0.3 is 6.18 Å². The predicted molar refractivity (Wildman–Crippen MR) is 77.3 cm³/mol. The van der Waals surface area contributed by atoms with Gasteiger partial charge in [0.15, 0.2) is 0 Å². The summed E-state index contributed by atoms with van der Waals surface area (Å²) >= 11 is 1.46. The van der Waals surface area contributed by atoms with Crippen molar-refractivity contribution in [3.8, 4) is 0 Å². The molecule has 1 fully saturated rings. The van der Waals surface area contributed by atoms with E-state index in [-0.39, 0.29) is 5.56 Å². The van der Waals surface area contributed by atoms with Crippen LogP contribution in [-0.2, 0) is 12.7 Å². The van der Waals surface area contributed by atoms with Gasteiger partial charge in [0.1, 0.15) is 0 Å². The summed E-state index contributed by atoms with van der Waals surface area (Å²) in [6, 6.07) is 5.18. The number of thiazole rings is 1. The molecule has 2 aromatic rings. The number of β-amino-alcohol motifs (C(OH)–C–C–N with tert-alkyl or cyclic N) is 1. The van der Waals surface area contributed by atoms with Crippen LogP contribution < -0.4 is 0 Å². The molecule has 1 aliphatic heterocycles. The Labute approximate surface area is 130 Å². The van der Waals surface area contributed by atoms with Crippen molar-refractivity contribution >= 4 is 11.3 Å². The number of nitrogens with zero attached hydrogens (tertiary/aromatic N) is 2. The Hall–Kier alpha value is -1.44. The molecule has 1 aliphatic rings. The van der Waals surface area contributed by atoms with Crippen molar-refractivity contribution in [3.63, 3.8) is 0 Å². The lowest BCUT2D eigenvalue weighted by molar-refractivity contribution is -0.138. The molecular weight excluding hydrogens is 313 g/mol. The third-order valence-electron chi connectivity index (χ3n) is 3.85. The highest BCUT2D eigenvalue weighted by atomic mass is 32.1. The normalized spacial score (nSPS) is 23.1. The summed E-state index contributed by atoms with van der Waals surface area (Å²) in [6.07, 6.45) is -2.98. The molecule has 3 nitrogen and oxygen atoms in total. The molecule has 1 aromatic heterocycles. The highest BCUT2D eigenvalue weighted by Gasteiger charge is 2.39. The summed E-state index contributed by atoms with van der Waals surface area (Å²) in [5.41, 5.74) is 1.31. The number of hydrogen-bond donors (Lipinski definition) is 1. The molecule has 118 valence electrons. The second-order valence-electron chi connectivity index (χ2n) is 5.39. The van der Waals surface area contributed by atoms with Gasteiger partial charge in [-0.15, -0.1) is 11.3 Å². The molecule has 0 unspecified atom stereocenters. The Kier molecular flexibility index (Phi) is 4.20. The molecule has 3 rings (SSSR count). The van der Waals surface area contributed by atoms with Gasteiger partial charge in [-0.1, -0.05) is 18.2 Å². The lowest BCUT2D eigenvalue weighted by atomic mass is 9.97. The molecule has 2 heterocycles. The highest BCUT2D eigenvalue weighted by molar-refractivity contribution is 7.09. The Bertz CT molecular complexity index is 630. The number of benzene rings is 1. The van der Waals surface area contributed by atoms with Gasteiger partial charge in [0, 0.05) is 30.2 Å². The van der Waals surface area contributed by atoms with Gasteiger partial charge in [0.25, 0.3) is 0 Å². The van der Waals surface area contributed by atoms with E-state index in [9.17, 15) is 18.3 Å². The number of alkyl halides is 3. The Morgan fingerprint density at radius 1 is 1.32 bits per heavy atom. The van der Waals surface area contributed by atoms with E-state index in [2.05, 4.69) is 4.98 Å². The van der Waals surface area contributed by atoms with Crippen molar-refractivity contribution in [1.82, 2.24) is 9.88 Å². The number of halogens is 3. The lowest BCUT2D eigenvalue weighted by Crippen LogP contribution is -2.25. The second-order valence-corrected chi connectivity index (χ2v) is 6.36. The fourth-order valence-corrected chi connectivity index (χ4v) is 3.56. The van der Waals surface area contributed by atoms with Crippen molar-refractivity contribution in [2.45, 2.75) is 31.3 Å². The van der Waals surface area contributed by atoms with Gasteiger partial charge < -0.3 is 5.11 Å². The first-order valence-electron chi connectivity index (χ1n) is 6.91. The van der Waals surface area contributed by atoms with Crippen LogP contribution in [-0.4, -0.2) is 27.6 Å². The third kappa shape index (κ3) is 3.16. The number of aromatic nitrogens is 1. The molecular formula is C15H15F3N2OS. The van der Waals surface area contributed by atoms with Crippen LogP contribution in [0, 0.1) is 0 Å². The van der Waals surface area contributed by atoms with Crippen LogP contribution in [0.4, 0.5) is 13.2 Å².